The first kappa shape index (κ1) is 18.9. The van der Waals surface area contributed by atoms with E-state index in [1.54, 1.807) is 18.2 Å². The van der Waals surface area contributed by atoms with Crippen LogP contribution in [0.1, 0.15) is 18.6 Å². The number of hydrogen-bond acceptors (Lipinski definition) is 6. The summed E-state index contributed by atoms with van der Waals surface area (Å²) in [4.78, 5) is 36.0. The number of fused-ring (bicyclic) bond motifs is 1. The Hall–Kier alpha value is -3.07. The van der Waals surface area contributed by atoms with Crippen LogP contribution in [-0.4, -0.2) is 28.0 Å². The van der Waals surface area contributed by atoms with Gasteiger partial charge in [0.15, 0.2) is 0 Å². The number of benzene rings is 1. The Morgan fingerprint density at radius 3 is 2.33 bits per heavy atom. The minimum absolute atomic E-state index is 0.0325. The number of nitro groups is 1. The maximum absolute atomic E-state index is 12.8. The molecule has 9 heteroatoms. The number of carbonyl (C=O) groups excluding carboxylic acids is 2. The molecular formula is C21H16BrN3O5. The molecule has 2 heterocycles. The summed E-state index contributed by atoms with van der Waals surface area (Å²) >= 11 is 3.32. The maximum Gasteiger partial charge on any atom is 0.270 e. The Morgan fingerprint density at radius 1 is 1.10 bits per heavy atom. The Balaban J connectivity index is 1.36. The molecule has 1 aliphatic heterocycles. The van der Waals surface area contributed by atoms with Gasteiger partial charge in [-0.25, -0.2) is 0 Å². The highest BCUT2D eigenvalue weighted by molar-refractivity contribution is 9.10. The fourth-order valence-corrected chi connectivity index (χ4v) is 5.23. The standard InChI is InChI=1S/C21H16BrN3O5/c22-16-9-13(25(28)29)5-7-15(16)17-8-6-14(30-17)10-23-24-20(26)18-11-1-2-12(4-3-11)19(18)21(24)27/h1-2,5-12,18-19H,3-4H2/b23-10-/t11-,12-,18-,19-/m1/s1. The molecule has 152 valence electrons. The van der Waals surface area contributed by atoms with E-state index >= 15 is 0 Å². The van der Waals surface area contributed by atoms with E-state index in [2.05, 4.69) is 33.2 Å². The van der Waals surface area contributed by atoms with Crippen LogP contribution in [0.3, 0.4) is 0 Å². The zero-order chi connectivity index (χ0) is 21.0. The molecule has 0 N–H and O–H groups in total. The van der Waals surface area contributed by atoms with Crippen molar-refractivity contribution in [1.82, 2.24) is 5.01 Å². The number of furan rings is 1. The van der Waals surface area contributed by atoms with E-state index in [4.69, 9.17) is 4.42 Å². The van der Waals surface area contributed by atoms with Crippen LogP contribution in [0.25, 0.3) is 11.3 Å². The smallest absolute Gasteiger partial charge is 0.270 e. The minimum atomic E-state index is -0.474. The van der Waals surface area contributed by atoms with Gasteiger partial charge >= 0.3 is 0 Å². The first-order valence-electron chi connectivity index (χ1n) is 9.58. The predicted octanol–water partition coefficient (Wildman–Crippen LogP) is 4.15. The quantitative estimate of drug-likeness (QED) is 0.220. The zero-order valence-corrected chi connectivity index (χ0v) is 17.2. The van der Waals surface area contributed by atoms with Crippen LogP contribution in [0.15, 0.2) is 56.5 Å². The number of hydrogen-bond donors (Lipinski definition) is 0. The van der Waals surface area contributed by atoms with Crippen LogP contribution in [0.5, 0.6) is 0 Å². The monoisotopic (exact) mass is 469 g/mol. The molecule has 2 amide bonds. The summed E-state index contributed by atoms with van der Waals surface area (Å²) in [5.74, 6) is -0.0172. The second-order valence-corrected chi connectivity index (χ2v) is 8.55. The first-order chi connectivity index (χ1) is 14.4. The van der Waals surface area contributed by atoms with E-state index < -0.39 is 4.92 Å². The summed E-state index contributed by atoms with van der Waals surface area (Å²) < 4.78 is 6.26. The average molecular weight is 470 g/mol. The number of allylic oxidation sites excluding steroid dienone is 2. The highest BCUT2D eigenvalue weighted by atomic mass is 79.9. The van der Waals surface area contributed by atoms with Gasteiger partial charge in [-0.2, -0.15) is 10.1 Å². The number of imide groups is 1. The largest absolute Gasteiger partial charge is 0.455 e. The van der Waals surface area contributed by atoms with Crippen molar-refractivity contribution >= 4 is 39.6 Å². The van der Waals surface area contributed by atoms with Crippen molar-refractivity contribution in [3.05, 3.63) is 62.8 Å². The minimum Gasteiger partial charge on any atom is -0.455 e. The molecule has 6 rings (SSSR count). The molecular weight excluding hydrogens is 454 g/mol. The van der Waals surface area contributed by atoms with Crippen LogP contribution in [-0.2, 0) is 9.59 Å². The number of halogens is 1. The molecule has 2 bridgehead atoms. The van der Waals surface area contributed by atoms with Gasteiger partial charge in [0, 0.05) is 22.2 Å². The third-order valence-corrected chi connectivity index (χ3v) is 6.75. The lowest BCUT2D eigenvalue weighted by Gasteiger charge is -2.37. The van der Waals surface area contributed by atoms with Crippen LogP contribution in [0.2, 0.25) is 0 Å². The number of non-ortho nitro benzene ring substituents is 1. The lowest BCUT2D eigenvalue weighted by Crippen LogP contribution is -2.38. The van der Waals surface area contributed by atoms with E-state index in [0.29, 0.717) is 21.6 Å². The van der Waals surface area contributed by atoms with Crippen molar-refractivity contribution in [2.75, 3.05) is 0 Å². The van der Waals surface area contributed by atoms with Gasteiger partial charge in [-0.1, -0.05) is 12.2 Å². The molecule has 2 fully saturated rings. The fourth-order valence-electron chi connectivity index (χ4n) is 4.67. The van der Waals surface area contributed by atoms with Crippen molar-refractivity contribution in [3.63, 3.8) is 0 Å². The SMILES string of the molecule is O=C1[C@H]2[C@H](C(=O)N1/N=C\c1ccc(-c3ccc([N+](=O)[O-])cc3Br)o1)[C@@H]1C=C[C@@H]2CC1. The van der Waals surface area contributed by atoms with Gasteiger partial charge in [0.2, 0.25) is 0 Å². The van der Waals surface area contributed by atoms with E-state index in [1.807, 2.05) is 0 Å². The summed E-state index contributed by atoms with van der Waals surface area (Å²) in [6, 6.07) is 7.74. The molecule has 0 unspecified atom stereocenters. The topological polar surface area (TPSA) is 106 Å². The lowest BCUT2D eigenvalue weighted by molar-refractivity contribution is -0.384. The van der Waals surface area contributed by atoms with Crippen LogP contribution in [0, 0.1) is 33.8 Å². The molecule has 0 spiro atoms. The van der Waals surface area contributed by atoms with Crippen molar-refractivity contribution in [2.24, 2.45) is 28.8 Å². The maximum atomic E-state index is 12.8. The molecule has 4 aliphatic rings. The summed E-state index contributed by atoms with van der Waals surface area (Å²) in [5, 5.41) is 16.0. The van der Waals surface area contributed by atoms with Gasteiger partial charge in [0.25, 0.3) is 17.5 Å². The van der Waals surface area contributed by atoms with Crippen molar-refractivity contribution < 1.29 is 18.9 Å². The molecule has 1 saturated heterocycles. The van der Waals surface area contributed by atoms with Crippen molar-refractivity contribution in [3.8, 4) is 11.3 Å². The van der Waals surface area contributed by atoms with Crippen LogP contribution >= 0.6 is 15.9 Å². The highest BCUT2D eigenvalue weighted by Crippen LogP contribution is 2.49. The third-order valence-electron chi connectivity index (χ3n) is 6.09. The van der Waals surface area contributed by atoms with Gasteiger partial charge in [-0.3, -0.25) is 19.7 Å². The van der Waals surface area contributed by atoms with Crippen LogP contribution in [0.4, 0.5) is 5.69 Å². The molecule has 30 heavy (non-hydrogen) atoms. The first-order valence-corrected chi connectivity index (χ1v) is 10.4. The van der Waals surface area contributed by atoms with Crippen molar-refractivity contribution in [1.29, 1.82) is 0 Å². The normalized spacial score (nSPS) is 27.3. The number of rotatable bonds is 4. The lowest BCUT2D eigenvalue weighted by atomic mass is 9.63. The second kappa shape index (κ2) is 7.02. The zero-order valence-electron chi connectivity index (χ0n) is 15.6. The molecule has 0 radical (unpaired) electrons. The number of nitro benzene ring substituents is 1. The van der Waals surface area contributed by atoms with Gasteiger partial charge < -0.3 is 4.42 Å². The van der Waals surface area contributed by atoms with Gasteiger partial charge in [-0.15, -0.1) is 0 Å². The van der Waals surface area contributed by atoms with Gasteiger partial charge in [-0.05, 0) is 58.8 Å². The van der Waals surface area contributed by atoms with E-state index in [-0.39, 0.29) is 41.2 Å². The third kappa shape index (κ3) is 2.92. The fraction of sp³-hybridized carbons (Fsp3) is 0.286. The molecule has 1 aromatic carbocycles. The molecule has 2 aromatic rings. The summed E-state index contributed by atoms with van der Waals surface area (Å²) in [6.07, 6.45) is 7.35. The Morgan fingerprint density at radius 2 is 1.77 bits per heavy atom. The Labute approximate surface area is 179 Å². The molecule has 3 aliphatic carbocycles. The molecule has 8 nitrogen and oxygen atoms in total. The second-order valence-electron chi connectivity index (χ2n) is 7.70. The van der Waals surface area contributed by atoms with Gasteiger partial charge in [0.1, 0.15) is 11.5 Å². The summed E-state index contributed by atoms with van der Waals surface area (Å²) in [7, 11) is 0. The summed E-state index contributed by atoms with van der Waals surface area (Å²) in [6.45, 7) is 0. The Bertz CT molecular complexity index is 1110. The van der Waals surface area contributed by atoms with E-state index in [0.717, 1.165) is 17.9 Å². The highest BCUT2D eigenvalue weighted by Gasteiger charge is 2.56. The molecule has 4 atom stereocenters. The summed E-state index contributed by atoms with van der Waals surface area (Å²) in [5.41, 5.74) is 0.609. The predicted molar refractivity (Wildman–Crippen MR) is 110 cm³/mol. The van der Waals surface area contributed by atoms with E-state index in [9.17, 15) is 19.7 Å². The number of nitrogens with zero attached hydrogens (tertiary/aromatic N) is 3. The number of carbonyl (C=O) groups is 2. The molecule has 1 saturated carbocycles. The van der Waals surface area contributed by atoms with Crippen LogP contribution < -0.4 is 0 Å². The number of amides is 2. The molecule has 1 aromatic heterocycles. The number of hydrazone groups is 1. The average Bonchev–Trinajstić information content (AvgIpc) is 3.31. The van der Waals surface area contributed by atoms with Crippen molar-refractivity contribution in [2.45, 2.75) is 12.8 Å². The van der Waals surface area contributed by atoms with Gasteiger partial charge in [0.05, 0.1) is 23.0 Å². The Kier molecular flexibility index (Phi) is 4.43. The van der Waals surface area contributed by atoms with E-state index in [1.165, 1.54) is 18.3 Å².